The number of hydrogen-bond donors (Lipinski definition) is 2. The summed E-state index contributed by atoms with van der Waals surface area (Å²) in [5.74, 6) is 0.849. The molecule has 0 amide bonds. The molecule has 2 atom stereocenters. The molecule has 144 valence electrons. The molecule has 2 aliphatic rings. The quantitative estimate of drug-likeness (QED) is 0.610. The number of halogens is 1. The molecule has 2 aromatic carbocycles. The van der Waals surface area contributed by atoms with Crippen LogP contribution in [-0.2, 0) is 18.3 Å². The predicted octanol–water partition coefficient (Wildman–Crippen LogP) is 5.07. The van der Waals surface area contributed by atoms with Crippen LogP contribution in [0.25, 0.3) is 10.9 Å². The number of H-pyrrole nitrogens is 1. The van der Waals surface area contributed by atoms with E-state index in [9.17, 15) is 5.11 Å². The molecular formula is C24H25ClN2O. The Morgan fingerprint density at radius 3 is 3.00 bits per heavy atom. The van der Waals surface area contributed by atoms with E-state index in [2.05, 4.69) is 34.7 Å². The average molecular weight is 393 g/mol. The van der Waals surface area contributed by atoms with Gasteiger partial charge in [0.2, 0.25) is 0 Å². The number of piperidine rings is 1. The molecule has 1 aliphatic carbocycles. The van der Waals surface area contributed by atoms with Crippen molar-refractivity contribution in [2.24, 2.45) is 5.92 Å². The Kier molecular flexibility index (Phi) is 4.26. The molecule has 2 N–H and O–H groups in total. The summed E-state index contributed by atoms with van der Waals surface area (Å²) in [6.07, 6.45) is 5.09. The number of hydrogen-bond acceptors (Lipinski definition) is 2. The summed E-state index contributed by atoms with van der Waals surface area (Å²) in [7, 11) is 0. The summed E-state index contributed by atoms with van der Waals surface area (Å²) >= 11 is 6.30. The topological polar surface area (TPSA) is 39.3 Å². The van der Waals surface area contributed by atoms with E-state index in [4.69, 9.17) is 11.6 Å². The van der Waals surface area contributed by atoms with E-state index >= 15 is 0 Å². The van der Waals surface area contributed by atoms with Crippen LogP contribution in [0.15, 0.2) is 55.1 Å². The third-order valence-electron chi connectivity index (χ3n) is 6.84. The normalized spacial score (nSPS) is 24.7. The fourth-order valence-electron chi connectivity index (χ4n) is 5.50. The Balaban J connectivity index is 1.64. The first-order valence-corrected chi connectivity index (χ1v) is 10.4. The summed E-state index contributed by atoms with van der Waals surface area (Å²) in [4.78, 5) is 6.18. The van der Waals surface area contributed by atoms with Crippen molar-refractivity contribution in [1.29, 1.82) is 0 Å². The number of aromatic amines is 1. The number of phenolic OH excluding ortho intramolecular Hbond substituents is 1. The maximum absolute atomic E-state index is 10.2. The van der Waals surface area contributed by atoms with Crippen molar-refractivity contribution < 1.29 is 5.11 Å². The van der Waals surface area contributed by atoms with Crippen LogP contribution in [0.1, 0.15) is 23.2 Å². The summed E-state index contributed by atoms with van der Waals surface area (Å²) in [5.41, 5.74) is 5.22. The van der Waals surface area contributed by atoms with Crippen molar-refractivity contribution in [2.75, 3.05) is 19.6 Å². The molecule has 28 heavy (non-hydrogen) atoms. The number of rotatable bonds is 3. The predicted molar refractivity (Wildman–Crippen MR) is 115 cm³/mol. The Hall–Kier alpha value is -2.23. The van der Waals surface area contributed by atoms with Gasteiger partial charge in [0.15, 0.2) is 0 Å². The maximum Gasteiger partial charge on any atom is 0.115 e. The van der Waals surface area contributed by atoms with Crippen molar-refractivity contribution in [3.8, 4) is 5.75 Å². The van der Waals surface area contributed by atoms with Gasteiger partial charge in [-0.05, 0) is 73.2 Å². The number of aromatic nitrogens is 1. The molecule has 1 aliphatic heterocycles. The second kappa shape index (κ2) is 6.68. The first-order valence-electron chi connectivity index (χ1n) is 10.0. The third-order valence-corrected chi connectivity index (χ3v) is 7.08. The zero-order chi connectivity index (χ0) is 19.3. The molecule has 0 spiro atoms. The Bertz CT molecular complexity index is 1060. The van der Waals surface area contributed by atoms with Crippen molar-refractivity contribution >= 4 is 22.5 Å². The number of fused-ring (bicyclic) bond motifs is 4. The molecule has 0 radical (unpaired) electrons. The zero-order valence-corrected chi connectivity index (χ0v) is 16.7. The molecule has 5 rings (SSSR count). The largest absolute Gasteiger partial charge is 0.508 e. The van der Waals surface area contributed by atoms with Gasteiger partial charge in [-0.3, -0.25) is 4.90 Å². The summed E-state index contributed by atoms with van der Waals surface area (Å²) in [6, 6.07) is 14.0. The molecule has 0 bridgehead atoms. The Labute approximate surface area is 170 Å². The highest BCUT2D eigenvalue weighted by Gasteiger charge is 2.47. The van der Waals surface area contributed by atoms with Gasteiger partial charge in [-0.25, -0.2) is 0 Å². The zero-order valence-electron chi connectivity index (χ0n) is 15.9. The van der Waals surface area contributed by atoms with E-state index < -0.39 is 0 Å². The van der Waals surface area contributed by atoms with Gasteiger partial charge in [0.25, 0.3) is 0 Å². The van der Waals surface area contributed by atoms with E-state index in [0.717, 1.165) is 43.9 Å². The van der Waals surface area contributed by atoms with Crippen molar-refractivity contribution in [2.45, 2.75) is 24.7 Å². The van der Waals surface area contributed by atoms with E-state index in [-0.39, 0.29) is 5.41 Å². The van der Waals surface area contributed by atoms with Gasteiger partial charge in [-0.15, -0.1) is 6.58 Å². The lowest BCUT2D eigenvalue weighted by Gasteiger charge is -2.51. The van der Waals surface area contributed by atoms with Crippen LogP contribution in [0.4, 0.5) is 0 Å². The van der Waals surface area contributed by atoms with E-state index in [0.29, 0.717) is 11.7 Å². The molecule has 4 heteroatoms. The molecule has 0 saturated carbocycles. The van der Waals surface area contributed by atoms with Crippen molar-refractivity contribution in [3.63, 3.8) is 0 Å². The van der Waals surface area contributed by atoms with E-state index in [1.165, 1.54) is 27.7 Å². The number of nitrogens with zero attached hydrogens (tertiary/aromatic N) is 1. The molecule has 1 fully saturated rings. The minimum Gasteiger partial charge on any atom is -0.508 e. The van der Waals surface area contributed by atoms with Gasteiger partial charge >= 0.3 is 0 Å². The van der Waals surface area contributed by atoms with E-state index in [1.54, 1.807) is 6.07 Å². The lowest BCUT2D eigenvalue weighted by Crippen LogP contribution is -2.53. The number of likely N-dealkylation sites (tertiary alicyclic amines) is 1. The average Bonchev–Trinajstić information content (AvgIpc) is 3.03. The summed E-state index contributed by atoms with van der Waals surface area (Å²) in [5, 5.41) is 12.2. The van der Waals surface area contributed by atoms with Gasteiger partial charge in [0, 0.05) is 40.1 Å². The summed E-state index contributed by atoms with van der Waals surface area (Å²) < 4.78 is 0. The fraction of sp³-hybridized carbons (Fsp3) is 0.333. The van der Waals surface area contributed by atoms with Gasteiger partial charge < -0.3 is 10.1 Å². The molecule has 1 aromatic heterocycles. The summed E-state index contributed by atoms with van der Waals surface area (Å²) in [6.45, 7) is 6.96. The molecule has 2 unspecified atom stereocenters. The van der Waals surface area contributed by atoms with E-state index in [1.807, 2.05) is 24.3 Å². The van der Waals surface area contributed by atoms with Crippen LogP contribution in [0.5, 0.6) is 5.75 Å². The SMILES string of the molecule is C=CCN1CCC2(c3cccc(O)c3)Cc3[nH]c4ccc(Cl)cc4c3CC2C1. The number of aromatic hydroxyl groups is 1. The number of benzene rings is 2. The minimum atomic E-state index is 0.0497. The smallest absolute Gasteiger partial charge is 0.115 e. The Morgan fingerprint density at radius 2 is 2.18 bits per heavy atom. The van der Waals surface area contributed by atoms with Crippen LogP contribution < -0.4 is 0 Å². The molecule has 2 heterocycles. The van der Waals surface area contributed by atoms with Crippen LogP contribution in [-0.4, -0.2) is 34.6 Å². The third kappa shape index (κ3) is 2.76. The van der Waals surface area contributed by atoms with Crippen molar-refractivity contribution in [3.05, 3.63) is 77.0 Å². The molecule has 3 nitrogen and oxygen atoms in total. The Morgan fingerprint density at radius 1 is 1.29 bits per heavy atom. The van der Waals surface area contributed by atoms with Gasteiger partial charge in [0.1, 0.15) is 5.75 Å². The van der Waals surface area contributed by atoms with Crippen LogP contribution >= 0.6 is 11.6 Å². The van der Waals surface area contributed by atoms with Crippen LogP contribution in [0.3, 0.4) is 0 Å². The lowest BCUT2D eigenvalue weighted by molar-refractivity contribution is 0.0896. The first-order chi connectivity index (χ1) is 13.6. The first kappa shape index (κ1) is 17.8. The van der Waals surface area contributed by atoms with Gasteiger partial charge in [-0.1, -0.05) is 29.8 Å². The maximum atomic E-state index is 10.2. The standard InChI is InChI=1S/C24H25ClN2O/c1-2-9-27-10-8-24(16-4-3-5-19(28)11-16)14-23-20(12-17(24)15-27)21-13-18(25)6-7-22(21)26-23/h2-7,11,13,17,26,28H,1,8-10,12,14-15H2. The van der Waals surface area contributed by atoms with Crippen LogP contribution in [0, 0.1) is 5.92 Å². The van der Waals surface area contributed by atoms with Gasteiger partial charge in [-0.2, -0.15) is 0 Å². The lowest BCUT2D eigenvalue weighted by atomic mass is 9.58. The fourth-order valence-corrected chi connectivity index (χ4v) is 5.67. The number of nitrogens with one attached hydrogen (secondary N) is 1. The highest BCUT2D eigenvalue weighted by atomic mass is 35.5. The molecule has 3 aromatic rings. The van der Waals surface area contributed by atoms with Gasteiger partial charge in [0.05, 0.1) is 0 Å². The second-order valence-electron chi connectivity index (χ2n) is 8.35. The molecular weight excluding hydrogens is 368 g/mol. The highest BCUT2D eigenvalue weighted by Crippen LogP contribution is 2.49. The van der Waals surface area contributed by atoms with Crippen LogP contribution in [0.2, 0.25) is 5.02 Å². The molecule has 1 saturated heterocycles. The highest BCUT2D eigenvalue weighted by molar-refractivity contribution is 6.31. The number of phenols is 1. The van der Waals surface area contributed by atoms with Crippen molar-refractivity contribution in [1.82, 2.24) is 9.88 Å². The second-order valence-corrected chi connectivity index (χ2v) is 8.79. The minimum absolute atomic E-state index is 0.0497. The monoisotopic (exact) mass is 392 g/mol.